The number of carbonyl (C=O) groups is 2. The third-order valence-corrected chi connectivity index (χ3v) is 10.7. The van der Waals surface area contributed by atoms with Crippen LogP contribution in [-0.4, -0.2) is 51.2 Å². The van der Waals surface area contributed by atoms with Crippen LogP contribution in [0, 0.1) is 5.92 Å². The van der Waals surface area contributed by atoms with Crippen LogP contribution in [0.1, 0.15) is 26.2 Å². The summed E-state index contributed by atoms with van der Waals surface area (Å²) in [7, 11) is -10.3. The Balaban J connectivity index is 2.20. The number of halogens is 1. The Hall–Kier alpha value is -2.79. The highest BCUT2D eigenvalue weighted by Crippen LogP contribution is 2.46. The predicted octanol–water partition coefficient (Wildman–Crippen LogP) is 3.34. The predicted molar refractivity (Wildman–Crippen MR) is 117 cm³/mol. The molecule has 2 aromatic carbocycles. The van der Waals surface area contributed by atoms with Gasteiger partial charge in [0, 0.05) is 12.3 Å². The van der Waals surface area contributed by atoms with E-state index < -0.39 is 58.1 Å². The van der Waals surface area contributed by atoms with E-state index in [2.05, 4.69) is 0 Å². The summed E-state index contributed by atoms with van der Waals surface area (Å²) in [6.07, 6.45) is -1.78. The number of ether oxygens (including phenoxy) is 1. The molecule has 178 valence electrons. The number of hydrogen-bond donors (Lipinski definition) is 0. The summed E-state index contributed by atoms with van der Waals surface area (Å²) in [4.78, 5) is 24.3. The quantitative estimate of drug-likeness (QED) is 0.522. The first-order valence-electron chi connectivity index (χ1n) is 10.3. The number of hydrogen-bond acceptors (Lipinski definition) is 7. The van der Waals surface area contributed by atoms with Crippen molar-refractivity contribution in [3.63, 3.8) is 0 Å². The molecule has 1 heterocycles. The molecule has 0 radical (unpaired) electrons. The highest BCUT2D eigenvalue weighted by molar-refractivity contribution is 8.10. The van der Waals surface area contributed by atoms with Gasteiger partial charge in [0.25, 0.3) is 0 Å². The highest BCUT2D eigenvalue weighted by atomic mass is 32.3. The number of amides is 2. The van der Waals surface area contributed by atoms with Crippen molar-refractivity contribution in [1.82, 2.24) is 4.90 Å². The average Bonchev–Trinajstić information content (AvgIpc) is 3.25. The van der Waals surface area contributed by atoms with E-state index in [0.717, 1.165) is 29.2 Å². The van der Waals surface area contributed by atoms with Gasteiger partial charge in [-0.25, -0.2) is 30.9 Å². The molecule has 2 aromatic rings. The Bertz CT molecular complexity index is 1150. The number of sulfone groups is 2. The fourth-order valence-electron chi connectivity index (χ4n) is 3.79. The number of cyclic esters (lactones) is 1. The molecule has 1 saturated heterocycles. The SMILES string of the molecule is CCCC(CC(=O)N1CCOC1=O)C(F)(S(=O)(=O)c1ccccc1)S(=O)(=O)c1ccccc1. The minimum absolute atomic E-state index is 0.0472. The highest BCUT2D eigenvalue weighted by Gasteiger charge is 2.62. The van der Waals surface area contributed by atoms with Gasteiger partial charge >= 0.3 is 10.4 Å². The summed E-state index contributed by atoms with van der Waals surface area (Å²) in [5.74, 6) is -2.68. The molecule has 33 heavy (non-hydrogen) atoms. The van der Waals surface area contributed by atoms with E-state index in [1.807, 2.05) is 0 Å². The topological polar surface area (TPSA) is 115 Å². The maximum atomic E-state index is 17.1. The van der Waals surface area contributed by atoms with Gasteiger partial charge in [0.1, 0.15) is 6.61 Å². The van der Waals surface area contributed by atoms with Crippen LogP contribution in [0.25, 0.3) is 0 Å². The molecule has 1 aliphatic heterocycles. The maximum Gasteiger partial charge on any atom is 0.416 e. The van der Waals surface area contributed by atoms with Crippen LogP contribution in [0.4, 0.5) is 9.18 Å². The Morgan fingerprint density at radius 1 is 1.00 bits per heavy atom. The molecule has 0 bridgehead atoms. The lowest BCUT2D eigenvalue weighted by Gasteiger charge is -2.33. The van der Waals surface area contributed by atoms with Crippen molar-refractivity contribution in [2.75, 3.05) is 13.2 Å². The molecule has 0 aliphatic carbocycles. The van der Waals surface area contributed by atoms with Gasteiger partial charge in [-0.05, 0) is 30.7 Å². The number of nitrogens with zero attached hydrogens (tertiary/aromatic N) is 1. The van der Waals surface area contributed by atoms with Gasteiger partial charge in [0.15, 0.2) is 0 Å². The smallest absolute Gasteiger partial charge is 0.416 e. The van der Waals surface area contributed by atoms with Gasteiger partial charge in [-0.1, -0.05) is 49.7 Å². The Morgan fingerprint density at radius 3 is 1.88 bits per heavy atom. The number of imide groups is 1. The van der Waals surface area contributed by atoms with Crippen LogP contribution < -0.4 is 0 Å². The monoisotopic (exact) mass is 497 g/mol. The van der Waals surface area contributed by atoms with Gasteiger partial charge in [-0.15, -0.1) is 0 Å². The summed E-state index contributed by atoms with van der Waals surface area (Å²) < 4.78 is 72.3. The zero-order valence-electron chi connectivity index (χ0n) is 17.9. The molecule has 0 aromatic heterocycles. The third kappa shape index (κ3) is 4.39. The lowest BCUT2D eigenvalue weighted by Crippen LogP contribution is -2.50. The second-order valence-corrected chi connectivity index (χ2v) is 12.0. The number of rotatable bonds is 9. The Kier molecular flexibility index (Phi) is 7.23. The minimum Gasteiger partial charge on any atom is -0.447 e. The minimum atomic E-state index is -5.15. The van der Waals surface area contributed by atoms with Crippen LogP contribution >= 0.6 is 0 Å². The maximum absolute atomic E-state index is 17.1. The molecule has 1 fully saturated rings. The van der Waals surface area contributed by atoms with E-state index in [4.69, 9.17) is 4.74 Å². The molecular formula is C22H24FNO7S2. The van der Waals surface area contributed by atoms with Gasteiger partial charge in [-0.3, -0.25) is 4.79 Å². The molecule has 1 aliphatic rings. The first-order chi connectivity index (χ1) is 15.6. The summed E-state index contributed by atoms with van der Waals surface area (Å²) in [5, 5.41) is 0. The van der Waals surface area contributed by atoms with Gasteiger partial charge in [-0.2, -0.15) is 0 Å². The summed E-state index contributed by atoms with van der Waals surface area (Å²) in [5.41, 5.74) is 0. The van der Waals surface area contributed by atoms with Crippen LogP contribution in [0.15, 0.2) is 70.5 Å². The second kappa shape index (κ2) is 9.60. The van der Waals surface area contributed by atoms with Crippen molar-refractivity contribution in [3.8, 4) is 0 Å². The normalized spacial score (nSPS) is 15.8. The standard InChI is InChI=1S/C22H24FNO7S2/c1-2-9-17(16-20(25)24-14-15-31-21(24)26)22(23,32(27,28)18-10-5-3-6-11-18)33(29,30)19-12-7-4-8-13-19/h3-8,10-13,17H,2,9,14-16H2,1H3. The molecule has 0 N–H and O–H groups in total. The molecule has 1 atom stereocenters. The van der Waals surface area contributed by atoms with Crippen molar-refractivity contribution < 1.29 is 35.6 Å². The third-order valence-electron chi connectivity index (χ3n) is 5.45. The van der Waals surface area contributed by atoms with E-state index in [1.165, 1.54) is 36.4 Å². The number of benzene rings is 2. The van der Waals surface area contributed by atoms with Gasteiger partial charge in [0.05, 0.1) is 16.3 Å². The van der Waals surface area contributed by atoms with E-state index >= 15 is 4.39 Å². The van der Waals surface area contributed by atoms with Crippen molar-refractivity contribution in [2.24, 2.45) is 5.92 Å². The molecule has 1 unspecified atom stereocenters. The van der Waals surface area contributed by atoms with Crippen LogP contribution in [0.2, 0.25) is 0 Å². The first kappa shape index (κ1) is 24.8. The van der Waals surface area contributed by atoms with Crippen molar-refractivity contribution in [3.05, 3.63) is 60.7 Å². The zero-order chi connectivity index (χ0) is 24.3. The van der Waals surface area contributed by atoms with Crippen molar-refractivity contribution in [1.29, 1.82) is 0 Å². The van der Waals surface area contributed by atoms with Crippen LogP contribution in [0.3, 0.4) is 0 Å². The summed E-state index contributed by atoms with van der Waals surface area (Å²) in [6, 6.07) is 12.8. The van der Waals surface area contributed by atoms with E-state index in [1.54, 1.807) is 6.92 Å². The molecule has 3 rings (SSSR count). The second-order valence-electron chi connectivity index (χ2n) is 7.56. The average molecular weight is 498 g/mol. The zero-order valence-corrected chi connectivity index (χ0v) is 19.5. The Morgan fingerprint density at radius 2 is 1.48 bits per heavy atom. The van der Waals surface area contributed by atoms with Gasteiger partial charge < -0.3 is 4.74 Å². The van der Waals surface area contributed by atoms with E-state index in [-0.39, 0.29) is 26.0 Å². The van der Waals surface area contributed by atoms with Crippen LogP contribution in [0.5, 0.6) is 0 Å². The van der Waals surface area contributed by atoms with Gasteiger partial charge in [0.2, 0.25) is 25.6 Å². The molecule has 2 amide bonds. The lowest BCUT2D eigenvalue weighted by molar-refractivity contribution is -0.129. The molecule has 8 nitrogen and oxygen atoms in total. The largest absolute Gasteiger partial charge is 0.447 e. The van der Waals surface area contributed by atoms with Crippen molar-refractivity contribution >= 4 is 31.7 Å². The van der Waals surface area contributed by atoms with E-state index in [0.29, 0.717) is 0 Å². The number of alkyl halides is 1. The molecule has 0 spiro atoms. The summed E-state index contributed by atoms with van der Waals surface area (Å²) >= 11 is 0. The fraction of sp³-hybridized carbons (Fsp3) is 0.364. The molecule has 11 heteroatoms. The van der Waals surface area contributed by atoms with Crippen LogP contribution in [-0.2, 0) is 29.2 Å². The fourth-order valence-corrected chi connectivity index (χ4v) is 8.48. The van der Waals surface area contributed by atoms with Crippen molar-refractivity contribution in [2.45, 2.75) is 40.3 Å². The van der Waals surface area contributed by atoms with E-state index in [9.17, 15) is 26.4 Å². The summed E-state index contributed by atoms with van der Waals surface area (Å²) in [6.45, 7) is 1.49. The first-order valence-corrected chi connectivity index (χ1v) is 13.3. The number of carbonyl (C=O) groups excluding carboxylic acids is 2. The molecular weight excluding hydrogens is 473 g/mol. The lowest BCUT2D eigenvalue weighted by atomic mass is 10.00. The Labute approximate surface area is 192 Å². The molecule has 0 saturated carbocycles.